The van der Waals surface area contributed by atoms with Crippen LogP contribution in [0.15, 0.2) is 18.5 Å². The molecule has 26 heavy (non-hydrogen) atoms. The lowest BCUT2D eigenvalue weighted by atomic mass is 9.77. The van der Waals surface area contributed by atoms with Gasteiger partial charge in [0.2, 0.25) is 0 Å². The fraction of sp³-hybridized carbons (Fsp3) is 0.579. The quantitative estimate of drug-likeness (QED) is 0.731. The number of carbonyl (C=O) groups is 1. The molecular formula is C19H27BN2O4. The normalized spacial score (nSPS) is 19.2. The molecule has 1 aliphatic rings. The molecule has 0 bridgehead atoms. The van der Waals surface area contributed by atoms with Gasteiger partial charge in [0, 0.05) is 17.8 Å². The van der Waals surface area contributed by atoms with Gasteiger partial charge in [-0.25, -0.2) is 14.3 Å². The van der Waals surface area contributed by atoms with Gasteiger partial charge in [-0.1, -0.05) is 0 Å². The van der Waals surface area contributed by atoms with Crippen LogP contribution < -0.4 is 5.46 Å². The number of hydrogen-bond acceptors (Lipinski definition) is 5. The molecule has 6 nitrogen and oxygen atoms in total. The van der Waals surface area contributed by atoms with Gasteiger partial charge in [-0.2, -0.15) is 0 Å². The van der Waals surface area contributed by atoms with E-state index in [0.29, 0.717) is 5.65 Å². The first-order valence-electron chi connectivity index (χ1n) is 8.88. The summed E-state index contributed by atoms with van der Waals surface area (Å²) in [5.41, 5.74) is 0.885. The molecule has 1 aliphatic heterocycles. The number of nitrogens with zero attached hydrogens (tertiary/aromatic N) is 2. The Hall–Kier alpha value is -1.86. The molecule has 1 saturated heterocycles. The summed E-state index contributed by atoms with van der Waals surface area (Å²) >= 11 is 0. The summed E-state index contributed by atoms with van der Waals surface area (Å²) in [5.74, 6) is 0. The SMILES string of the molecule is Cc1cn(C(=O)OC(C)(C)C)c2nccc(B3OC(C)(C)C(C)(C)O3)c12. The predicted molar refractivity (Wildman–Crippen MR) is 102 cm³/mol. The van der Waals surface area contributed by atoms with Crippen molar-refractivity contribution in [3.8, 4) is 0 Å². The van der Waals surface area contributed by atoms with Crippen LogP contribution in [0.4, 0.5) is 4.79 Å². The first-order valence-corrected chi connectivity index (χ1v) is 8.88. The standard InChI is InChI=1S/C19H27BN2O4/c1-12-11-22(16(23)24-17(2,3)4)15-14(12)13(9-10-21-15)20-25-18(5,6)19(7,8)26-20/h9-11H,1-8H3. The summed E-state index contributed by atoms with van der Waals surface area (Å²) in [7, 11) is -0.515. The molecule has 2 aromatic rings. The smallest absolute Gasteiger partial charge is 0.443 e. The number of fused-ring (bicyclic) bond motifs is 1. The first kappa shape index (κ1) is 18.9. The fourth-order valence-corrected chi connectivity index (χ4v) is 2.99. The summed E-state index contributed by atoms with van der Waals surface area (Å²) in [4.78, 5) is 17.0. The maximum atomic E-state index is 12.6. The Balaban J connectivity index is 2.07. The summed E-state index contributed by atoms with van der Waals surface area (Å²) in [5, 5.41) is 0.858. The third-order valence-electron chi connectivity index (χ3n) is 5.01. The highest BCUT2D eigenvalue weighted by Gasteiger charge is 2.52. The van der Waals surface area contributed by atoms with Crippen LogP contribution in [-0.2, 0) is 14.0 Å². The van der Waals surface area contributed by atoms with E-state index in [1.807, 2.05) is 61.5 Å². The van der Waals surface area contributed by atoms with Gasteiger partial charge in [-0.15, -0.1) is 0 Å². The lowest BCUT2D eigenvalue weighted by Crippen LogP contribution is -2.41. The molecule has 0 aromatic carbocycles. The molecule has 0 aliphatic carbocycles. The third kappa shape index (κ3) is 3.14. The van der Waals surface area contributed by atoms with Gasteiger partial charge in [0.25, 0.3) is 0 Å². The minimum absolute atomic E-state index is 0.436. The Morgan fingerprint density at radius 2 is 1.77 bits per heavy atom. The molecule has 3 heterocycles. The Morgan fingerprint density at radius 3 is 2.31 bits per heavy atom. The summed E-state index contributed by atoms with van der Waals surface area (Å²) < 4.78 is 19.3. The molecule has 7 heteroatoms. The van der Waals surface area contributed by atoms with E-state index in [2.05, 4.69) is 4.98 Å². The van der Waals surface area contributed by atoms with Crippen molar-refractivity contribution >= 4 is 29.7 Å². The number of aromatic nitrogens is 2. The largest absolute Gasteiger partial charge is 0.495 e. The van der Waals surface area contributed by atoms with E-state index in [9.17, 15) is 4.79 Å². The number of rotatable bonds is 1. The Kier molecular flexibility index (Phi) is 4.24. The van der Waals surface area contributed by atoms with Crippen LogP contribution in [0.3, 0.4) is 0 Å². The van der Waals surface area contributed by atoms with Crippen molar-refractivity contribution in [2.24, 2.45) is 0 Å². The average Bonchev–Trinajstić information content (AvgIpc) is 2.92. The molecule has 0 atom stereocenters. The van der Waals surface area contributed by atoms with Crippen molar-refractivity contribution in [2.75, 3.05) is 0 Å². The molecule has 1 fully saturated rings. The summed E-state index contributed by atoms with van der Waals surface area (Å²) in [6.45, 7) is 15.5. The molecule has 0 unspecified atom stereocenters. The van der Waals surface area contributed by atoms with Crippen LogP contribution in [0.25, 0.3) is 11.0 Å². The third-order valence-corrected chi connectivity index (χ3v) is 5.01. The van der Waals surface area contributed by atoms with E-state index >= 15 is 0 Å². The minimum Gasteiger partial charge on any atom is -0.443 e. The zero-order valence-electron chi connectivity index (χ0n) is 16.8. The van der Waals surface area contributed by atoms with Crippen LogP contribution >= 0.6 is 0 Å². The van der Waals surface area contributed by atoms with E-state index in [4.69, 9.17) is 14.0 Å². The second-order valence-corrected chi connectivity index (χ2v) is 8.85. The van der Waals surface area contributed by atoms with Crippen molar-refractivity contribution in [3.05, 3.63) is 24.0 Å². The lowest BCUT2D eigenvalue weighted by molar-refractivity contribution is 0.00578. The molecular weight excluding hydrogens is 331 g/mol. The number of aryl methyl sites for hydroxylation is 1. The van der Waals surface area contributed by atoms with E-state index in [1.54, 1.807) is 12.4 Å². The van der Waals surface area contributed by atoms with Crippen molar-refractivity contribution < 1.29 is 18.8 Å². The number of ether oxygens (including phenoxy) is 1. The molecule has 140 valence electrons. The maximum absolute atomic E-state index is 12.6. The van der Waals surface area contributed by atoms with Gasteiger partial charge in [-0.05, 0) is 72.5 Å². The second-order valence-electron chi connectivity index (χ2n) is 8.85. The zero-order chi connectivity index (χ0) is 19.5. The average molecular weight is 358 g/mol. The first-order chi connectivity index (χ1) is 11.8. The topological polar surface area (TPSA) is 62.6 Å². The highest BCUT2D eigenvalue weighted by atomic mass is 16.7. The van der Waals surface area contributed by atoms with Gasteiger partial charge in [-0.3, -0.25) is 0 Å². The minimum atomic E-state index is -0.578. The van der Waals surface area contributed by atoms with Crippen molar-refractivity contribution in [1.82, 2.24) is 9.55 Å². The number of pyridine rings is 1. The summed E-state index contributed by atoms with van der Waals surface area (Å²) in [6.07, 6.45) is 2.97. The van der Waals surface area contributed by atoms with Crippen LogP contribution in [0.2, 0.25) is 0 Å². The monoisotopic (exact) mass is 358 g/mol. The van der Waals surface area contributed by atoms with Gasteiger partial charge >= 0.3 is 13.2 Å². The van der Waals surface area contributed by atoms with E-state index in [-0.39, 0.29) is 0 Å². The van der Waals surface area contributed by atoms with E-state index in [0.717, 1.165) is 16.4 Å². The second kappa shape index (κ2) is 5.82. The summed E-state index contributed by atoms with van der Waals surface area (Å²) in [6, 6.07) is 1.89. The van der Waals surface area contributed by atoms with Crippen molar-refractivity contribution in [3.63, 3.8) is 0 Å². The van der Waals surface area contributed by atoms with E-state index in [1.165, 1.54) is 4.57 Å². The Morgan fingerprint density at radius 1 is 1.19 bits per heavy atom. The van der Waals surface area contributed by atoms with Gasteiger partial charge in [0.05, 0.1) is 11.2 Å². The highest BCUT2D eigenvalue weighted by Crippen LogP contribution is 2.37. The Labute approximate surface area is 155 Å². The maximum Gasteiger partial charge on any atom is 0.495 e. The predicted octanol–water partition coefficient (Wildman–Crippen LogP) is 3.43. The van der Waals surface area contributed by atoms with Crippen LogP contribution in [0, 0.1) is 6.92 Å². The lowest BCUT2D eigenvalue weighted by Gasteiger charge is -2.32. The molecule has 3 rings (SSSR count). The highest BCUT2D eigenvalue weighted by molar-refractivity contribution is 6.65. The molecule has 0 amide bonds. The van der Waals surface area contributed by atoms with E-state index < -0.39 is 30.0 Å². The van der Waals surface area contributed by atoms with Gasteiger partial charge in [0.15, 0.2) is 0 Å². The molecule has 0 radical (unpaired) electrons. The van der Waals surface area contributed by atoms with Crippen molar-refractivity contribution in [2.45, 2.75) is 72.2 Å². The van der Waals surface area contributed by atoms with Crippen LogP contribution in [0.1, 0.15) is 54.0 Å². The van der Waals surface area contributed by atoms with Crippen LogP contribution in [-0.4, -0.2) is 39.6 Å². The molecule has 0 saturated carbocycles. The van der Waals surface area contributed by atoms with Crippen LogP contribution in [0.5, 0.6) is 0 Å². The molecule has 2 aromatic heterocycles. The zero-order valence-corrected chi connectivity index (χ0v) is 16.8. The van der Waals surface area contributed by atoms with Gasteiger partial charge < -0.3 is 14.0 Å². The number of carbonyl (C=O) groups excluding carboxylic acids is 1. The number of hydrogen-bond donors (Lipinski definition) is 0. The van der Waals surface area contributed by atoms with Gasteiger partial charge in [0.1, 0.15) is 11.2 Å². The fourth-order valence-electron chi connectivity index (χ4n) is 2.99. The van der Waals surface area contributed by atoms with Crippen molar-refractivity contribution in [1.29, 1.82) is 0 Å². The molecule has 0 N–H and O–H groups in total. The molecule has 0 spiro atoms. The Bertz CT molecular complexity index is 848.